The Kier molecular flexibility index (Phi) is 4.83. The number of likely N-dealkylation sites (N-methyl/N-ethyl adjacent to an activating group) is 2. The molecule has 3 nitrogen and oxygen atoms in total. The molecular weight excluding hydrogens is 210 g/mol. The minimum absolute atomic E-state index is 0.716. The van der Waals surface area contributed by atoms with Crippen molar-refractivity contribution < 1.29 is 0 Å². The normalized spacial score (nSPS) is 33.2. The van der Waals surface area contributed by atoms with Gasteiger partial charge in [-0.3, -0.25) is 4.90 Å². The molecule has 0 aromatic heterocycles. The number of hydrogen-bond donors (Lipinski definition) is 1. The minimum atomic E-state index is 0.716. The van der Waals surface area contributed by atoms with E-state index in [1.807, 2.05) is 0 Å². The molecule has 17 heavy (non-hydrogen) atoms. The van der Waals surface area contributed by atoms with Gasteiger partial charge in [0.25, 0.3) is 0 Å². The molecule has 2 fully saturated rings. The van der Waals surface area contributed by atoms with Crippen molar-refractivity contribution >= 4 is 0 Å². The largest absolute Gasteiger partial charge is 0.315 e. The lowest BCUT2D eigenvalue weighted by Crippen LogP contribution is -2.54. The summed E-state index contributed by atoms with van der Waals surface area (Å²) in [5.74, 6) is 0. The SMILES string of the molecule is CN[C@H]1CCCC[C@@H]1N(C)C1CCN(C)CC1. The summed E-state index contributed by atoms with van der Waals surface area (Å²) in [4.78, 5) is 5.15. The molecule has 0 radical (unpaired) electrons. The van der Waals surface area contributed by atoms with Gasteiger partial charge in [-0.2, -0.15) is 0 Å². The molecule has 3 heteroatoms. The van der Waals surface area contributed by atoms with Crippen molar-refractivity contribution in [3.05, 3.63) is 0 Å². The Morgan fingerprint density at radius 2 is 1.71 bits per heavy atom. The first-order valence-corrected chi connectivity index (χ1v) is 7.30. The van der Waals surface area contributed by atoms with Crippen molar-refractivity contribution in [3.63, 3.8) is 0 Å². The number of likely N-dealkylation sites (tertiary alicyclic amines) is 1. The zero-order chi connectivity index (χ0) is 12.3. The minimum Gasteiger partial charge on any atom is -0.315 e. The molecule has 2 aliphatic rings. The van der Waals surface area contributed by atoms with E-state index in [9.17, 15) is 0 Å². The summed E-state index contributed by atoms with van der Waals surface area (Å²) in [6.45, 7) is 2.54. The summed E-state index contributed by atoms with van der Waals surface area (Å²) in [6.07, 6.45) is 8.26. The van der Waals surface area contributed by atoms with Crippen LogP contribution in [0.15, 0.2) is 0 Å². The smallest absolute Gasteiger partial charge is 0.0249 e. The Bertz CT molecular complexity index is 224. The third-order valence-corrected chi connectivity index (χ3v) is 4.89. The average Bonchev–Trinajstić information content (AvgIpc) is 2.39. The molecule has 0 unspecified atom stereocenters. The highest BCUT2D eigenvalue weighted by Gasteiger charge is 2.31. The van der Waals surface area contributed by atoms with E-state index in [-0.39, 0.29) is 0 Å². The van der Waals surface area contributed by atoms with Gasteiger partial charge in [-0.1, -0.05) is 12.8 Å². The fraction of sp³-hybridized carbons (Fsp3) is 1.00. The number of nitrogens with one attached hydrogen (secondary N) is 1. The summed E-state index contributed by atoms with van der Waals surface area (Å²) < 4.78 is 0. The van der Waals surface area contributed by atoms with Crippen LogP contribution in [0.2, 0.25) is 0 Å². The Hall–Kier alpha value is -0.120. The van der Waals surface area contributed by atoms with E-state index in [0.29, 0.717) is 6.04 Å². The molecule has 2 rings (SSSR count). The van der Waals surface area contributed by atoms with Gasteiger partial charge in [0.2, 0.25) is 0 Å². The van der Waals surface area contributed by atoms with Crippen molar-refractivity contribution in [2.24, 2.45) is 0 Å². The molecule has 0 bridgehead atoms. The molecule has 1 saturated heterocycles. The molecule has 1 saturated carbocycles. The highest BCUT2D eigenvalue weighted by molar-refractivity contribution is 4.90. The second-order valence-electron chi connectivity index (χ2n) is 5.95. The zero-order valence-electron chi connectivity index (χ0n) is 11.8. The number of nitrogens with zero attached hydrogens (tertiary/aromatic N) is 2. The first kappa shape index (κ1) is 13.3. The van der Waals surface area contributed by atoms with Gasteiger partial charge in [-0.25, -0.2) is 0 Å². The monoisotopic (exact) mass is 239 g/mol. The van der Waals surface area contributed by atoms with Gasteiger partial charge in [-0.15, -0.1) is 0 Å². The van der Waals surface area contributed by atoms with Crippen LogP contribution in [-0.2, 0) is 0 Å². The molecule has 2 atom stereocenters. The van der Waals surface area contributed by atoms with E-state index in [1.165, 1.54) is 51.6 Å². The first-order valence-electron chi connectivity index (χ1n) is 7.30. The lowest BCUT2D eigenvalue weighted by Gasteiger charge is -2.44. The first-order chi connectivity index (χ1) is 8.22. The number of rotatable bonds is 3. The third-order valence-electron chi connectivity index (χ3n) is 4.89. The predicted octanol–water partition coefficient (Wildman–Crippen LogP) is 1.54. The van der Waals surface area contributed by atoms with Gasteiger partial charge < -0.3 is 10.2 Å². The molecule has 100 valence electrons. The second-order valence-corrected chi connectivity index (χ2v) is 5.95. The van der Waals surface area contributed by atoms with Gasteiger partial charge in [0.15, 0.2) is 0 Å². The van der Waals surface area contributed by atoms with Gasteiger partial charge in [0.05, 0.1) is 0 Å². The maximum atomic E-state index is 3.53. The highest BCUT2D eigenvalue weighted by atomic mass is 15.2. The quantitative estimate of drug-likeness (QED) is 0.806. The van der Waals surface area contributed by atoms with Crippen molar-refractivity contribution in [3.8, 4) is 0 Å². The molecule has 1 aliphatic heterocycles. The maximum absolute atomic E-state index is 3.53. The molecule has 1 heterocycles. The fourth-order valence-corrected chi connectivity index (χ4v) is 3.61. The predicted molar refractivity (Wildman–Crippen MR) is 73.4 cm³/mol. The van der Waals surface area contributed by atoms with Gasteiger partial charge in [0, 0.05) is 18.1 Å². The van der Waals surface area contributed by atoms with Crippen molar-refractivity contribution in [2.45, 2.75) is 56.7 Å². The topological polar surface area (TPSA) is 18.5 Å². The van der Waals surface area contributed by atoms with Crippen LogP contribution in [0.5, 0.6) is 0 Å². The summed E-state index contributed by atoms with van der Waals surface area (Å²) in [5, 5.41) is 3.53. The lowest BCUT2D eigenvalue weighted by molar-refractivity contribution is 0.0711. The highest BCUT2D eigenvalue weighted by Crippen LogP contribution is 2.26. The van der Waals surface area contributed by atoms with Crippen LogP contribution in [0.4, 0.5) is 0 Å². The Balaban J connectivity index is 1.90. The van der Waals surface area contributed by atoms with Gasteiger partial charge >= 0.3 is 0 Å². The average molecular weight is 239 g/mol. The number of piperidine rings is 1. The van der Waals surface area contributed by atoms with Crippen molar-refractivity contribution in [1.82, 2.24) is 15.1 Å². The standard InChI is InChI=1S/C14H29N3/c1-15-13-6-4-5-7-14(13)17(3)12-8-10-16(2)11-9-12/h12-15H,4-11H2,1-3H3/t13-,14-/m0/s1. The van der Waals surface area contributed by atoms with Crippen LogP contribution in [-0.4, -0.2) is 62.2 Å². The summed E-state index contributed by atoms with van der Waals surface area (Å²) >= 11 is 0. The van der Waals surface area contributed by atoms with E-state index in [0.717, 1.165) is 12.1 Å². The van der Waals surface area contributed by atoms with Crippen molar-refractivity contribution in [2.75, 3.05) is 34.2 Å². The van der Waals surface area contributed by atoms with Crippen LogP contribution in [0.3, 0.4) is 0 Å². The summed E-state index contributed by atoms with van der Waals surface area (Å²) in [6, 6.07) is 2.29. The van der Waals surface area contributed by atoms with Crippen LogP contribution in [0.1, 0.15) is 38.5 Å². The van der Waals surface area contributed by atoms with Crippen LogP contribution >= 0.6 is 0 Å². The molecule has 0 amide bonds. The lowest BCUT2D eigenvalue weighted by atomic mass is 9.87. The zero-order valence-corrected chi connectivity index (χ0v) is 11.8. The van der Waals surface area contributed by atoms with E-state index in [2.05, 4.69) is 36.3 Å². The fourth-order valence-electron chi connectivity index (χ4n) is 3.61. The Morgan fingerprint density at radius 3 is 2.35 bits per heavy atom. The van der Waals surface area contributed by atoms with Crippen LogP contribution < -0.4 is 5.32 Å². The maximum Gasteiger partial charge on any atom is 0.0249 e. The molecule has 0 aromatic carbocycles. The molecule has 0 aromatic rings. The third kappa shape index (κ3) is 3.21. The van der Waals surface area contributed by atoms with E-state index >= 15 is 0 Å². The molecular formula is C14H29N3. The van der Waals surface area contributed by atoms with Crippen LogP contribution in [0, 0.1) is 0 Å². The van der Waals surface area contributed by atoms with E-state index < -0.39 is 0 Å². The van der Waals surface area contributed by atoms with Crippen molar-refractivity contribution in [1.29, 1.82) is 0 Å². The molecule has 1 aliphatic carbocycles. The number of hydrogen-bond acceptors (Lipinski definition) is 3. The Morgan fingerprint density at radius 1 is 1.06 bits per heavy atom. The van der Waals surface area contributed by atoms with Crippen LogP contribution in [0.25, 0.3) is 0 Å². The van der Waals surface area contributed by atoms with Gasteiger partial charge in [-0.05, 0) is 59.9 Å². The van der Waals surface area contributed by atoms with E-state index in [1.54, 1.807) is 0 Å². The summed E-state index contributed by atoms with van der Waals surface area (Å²) in [7, 11) is 6.73. The van der Waals surface area contributed by atoms with Gasteiger partial charge in [0.1, 0.15) is 0 Å². The molecule has 0 spiro atoms. The molecule has 1 N–H and O–H groups in total. The van der Waals surface area contributed by atoms with E-state index in [4.69, 9.17) is 0 Å². The second kappa shape index (κ2) is 6.17. The summed E-state index contributed by atoms with van der Waals surface area (Å²) in [5.41, 5.74) is 0. The Labute approximate surface area is 107 Å².